The van der Waals surface area contributed by atoms with Crippen LogP contribution in [0.5, 0.6) is 0 Å². The minimum absolute atomic E-state index is 0.109. The Kier molecular flexibility index (Phi) is 2.66. The molecule has 1 rings (SSSR count). The van der Waals surface area contributed by atoms with E-state index >= 15 is 0 Å². The van der Waals surface area contributed by atoms with Gasteiger partial charge in [0.15, 0.2) is 0 Å². The Morgan fingerprint density at radius 1 is 1.64 bits per heavy atom. The third-order valence-electron chi connectivity index (χ3n) is 1.60. The Labute approximate surface area is 81.8 Å². The van der Waals surface area contributed by atoms with Crippen LogP contribution in [-0.2, 0) is 9.53 Å². The van der Waals surface area contributed by atoms with E-state index in [1.165, 1.54) is 0 Å². The highest BCUT2D eigenvalue weighted by atomic mass is 16.6. The molecule has 14 heavy (non-hydrogen) atoms. The zero-order valence-electron chi connectivity index (χ0n) is 8.40. The summed E-state index contributed by atoms with van der Waals surface area (Å²) in [6, 6.07) is -0.658. The van der Waals surface area contributed by atoms with Crippen molar-refractivity contribution < 1.29 is 19.5 Å². The molecule has 0 spiro atoms. The molecule has 1 atom stereocenters. The smallest absolute Gasteiger partial charge is 0.408 e. The topological polar surface area (TPSA) is 78.9 Å². The van der Waals surface area contributed by atoms with Crippen LogP contribution in [0.1, 0.15) is 20.8 Å². The van der Waals surface area contributed by atoms with E-state index in [9.17, 15) is 9.59 Å². The molecule has 0 aliphatic carbocycles. The summed E-state index contributed by atoms with van der Waals surface area (Å²) in [6.45, 7) is 5.30. The van der Waals surface area contributed by atoms with Crippen LogP contribution in [-0.4, -0.2) is 40.5 Å². The summed E-state index contributed by atoms with van der Waals surface area (Å²) in [7, 11) is 0. The number of rotatable bonds is 1. The minimum atomic E-state index is -0.658. The molecule has 1 heterocycles. The van der Waals surface area contributed by atoms with Crippen molar-refractivity contribution in [2.45, 2.75) is 32.4 Å². The normalized spacial score (nSPS) is 21.6. The van der Waals surface area contributed by atoms with Gasteiger partial charge in [-0.15, -0.1) is 0 Å². The minimum Gasteiger partial charge on any atom is -0.444 e. The highest BCUT2D eigenvalue weighted by molar-refractivity contribution is 5.89. The molecule has 0 radical (unpaired) electrons. The Morgan fingerprint density at radius 2 is 2.21 bits per heavy atom. The predicted octanol–water partition coefficient (Wildman–Crippen LogP) is 0.111. The summed E-state index contributed by atoms with van der Waals surface area (Å²) >= 11 is 0. The van der Waals surface area contributed by atoms with Gasteiger partial charge in [-0.1, -0.05) is 0 Å². The van der Waals surface area contributed by atoms with Crippen molar-refractivity contribution >= 4 is 12.0 Å². The first kappa shape index (κ1) is 10.8. The lowest BCUT2D eigenvalue weighted by Gasteiger charge is -2.33. The number of nitrogens with zero attached hydrogens (tertiary/aromatic N) is 1. The van der Waals surface area contributed by atoms with Gasteiger partial charge in [0.1, 0.15) is 11.6 Å². The molecule has 0 unspecified atom stereocenters. The highest BCUT2D eigenvalue weighted by Gasteiger charge is 2.37. The van der Waals surface area contributed by atoms with Gasteiger partial charge in [-0.25, -0.2) is 9.86 Å². The molecular weight excluding hydrogens is 188 g/mol. The van der Waals surface area contributed by atoms with Gasteiger partial charge >= 0.3 is 6.09 Å². The third kappa shape index (κ3) is 2.59. The van der Waals surface area contributed by atoms with Crippen LogP contribution in [0.4, 0.5) is 4.79 Å². The molecule has 0 saturated carbocycles. The maximum Gasteiger partial charge on any atom is 0.408 e. The van der Waals surface area contributed by atoms with Gasteiger partial charge in [-0.3, -0.25) is 10.0 Å². The fourth-order valence-electron chi connectivity index (χ4n) is 0.966. The Bertz CT molecular complexity index is 259. The summed E-state index contributed by atoms with van der Waals surface area (Å²) < 4.78 is 4.93. The number of β-lactam (4-membered cyclic amide) rings is 1. The van der Waals surface area contributed by atoms with Crippen LogP contribution in [0.2, 0.25) is 0 Å². The summed E-state index contributed by atoms with van der Waals surface area (Å²) in [5.41, 5.74) is -0.588. The van der Waals surface area contributed by atoms with Crippen molar-refractivity contribution in [3.8, 4) is 0 Å². The number of hydrogen-bond acceptors (Lipinski definition) is 4. The van der Waals surface area contributed by atoms with Crippen molar-refractivity contribution in [2.75, 3.05) is 6.54 Å². The maximum absolute atomic E-state index is 11.1. The zero-order chi connectivity index (χ0) is 10.9. The van der Waals surface area contributed by atoms with Crippen LogP contribution in [0.15, 0.2) is 0 Å². The molecule has 1 saturated heterocycles. The van der Waals surface area contributed by atoms with Gasteiger partial charge in [0.05, 0.1) is 6.54 Å². The van der Waals surface area contributed by atoms with Gasteiger partial charge in [-0.05, 0) is 20.8 Å². The average molecular weight is 202 g/mol. The fourth-order valence-corrected chi connectivity index (χ4v) is 0.966. The number of hydroxylamine groups is 2. The predicted molar refractivity (Wildman–Crippen MR) is 46.7 cm³/mol. The average Bonchev–Trinajstić information content (AvgIpc) is 2.00. The van der Waals surface area contributed by atoms with Crippen molar-refractivity contribution in [3.63, 3.8) is 0 Å². The van der Waals surface area contributed by atoms with E-state index < -0.39 is 23.6 Å². The van der Waals surface area contributed by atoms with Crippen LogP contribution in [0.25, 0.3) is 0 Å². The van der Waals surface area contributed by atoms with Gasteiger partial charge < -0.3 is 10.1 Å². The summed E-state index contributed by atoms with van der Waals surface area (Å²) in [4.78, 5) is 22.0. The number of hydrogen-bond donors (Lipinski definition) is 2. The van der Waals surface area contributed by atoms with Crippen molar-refractivity contribution in [1.82, 2.24) is 10.4 Å². The zero-order valence-corrected chi connectivity index (χ0v) is 8.40. The number of alkyl carbamates (subject to hydrolysis) is 1. The second kappa shape index (κ2) is 3.45. The van der Waals surface area contributed by atoms with Crippen LogP contribution < -0.4 is 5.32 Å². The molecule has 0 aromatic rings. The van der Waals surface area contributed by atoms with Crippen molar-refractivity contribution in [2.24, 2.45) is 0 Å². The fraction of sp³-hybridized carbons (Fsp3) is 0.750. The van der Waals surface area contributed by atoms with Gasteiger partial charge in [0.25, 0.3) is 5.91 Å². The number of nitrogens with one attached hydrogen (secondary N) is 1. The lowest BCUT2D eigenvalue weighted by molar-refractivity contribution is -0.190. The van der Waals surface area contributed by atoms with E-state index in [0.717, 1.165) is 0 Å². The molecule has 6 nitrogen and oxygen atoms in total. The Hall–Kier alpha value is -1.30. The lowest BCUT2D eigenvalue weighted by Crippen LogP contribution is -2.62. The first-order valence-electron chi connectivity index (χ1n) is 4.29. The van der Waals surface area contributed by atoms with Gasteiger partial charge in [-0.2, -0.15) is 0 Å². The molecule has 1 aliphatic rings. The molecule has 2 N–H and O–H groups in total. The molecule has 1 aliphatic heterocycles. The van der Waals surface area contributed by atoms with E-state index in [1.54, 1.807) is 20.8 Å². The largest absolute Gasteiger partial charge is 0.444 e. The van der Waals surface area contributed by atoms with E-state index in [-0.39, 0.29) is 6.54 Å². The quantitative estimate of drug-likeness (QED) is 0.467. The monoisotopic (exact) mass is 202 g/mol. The third-order valence-corrected chi connectivity index (χ3v) is 1.60. The van der Waals surface area contributed by atoms with E-state index in [2.05, 4.69) is 5.32 Å². The molecule has 0 aromatic carbocycles. The van der Waals surface area contributed by atoms with Crippen LogP contribution >= 0.6 is 0 Å². The van der Waals surface area contributed by atoms with Crippen molar-refractivity contribution in [3.05, 3.63) is 0 Å². The van der Waals surface area contributed by atoms with Crippen LogP contribution in [0, 0.1) is 0 Å². The Morgan fingerprint density at radius 3 is 2.57 bits per heavy atom. The van der Waals surface area contributed by atoms with Crippen LogP contribution in [0.3, 0.4) is 0 Å². The standard InChI is InChI=1S/C8H14N2O4/c1-8(2,3)14-7(12)9-5-4-10(13)6(5)11/h5,13H,4H2,1-3H3,(H,9,12)/t5-/m0/s1. The first-order chi connectivity index (χ1) is 6.29. The number of carbonyl (C=O) groups excluding carboxylic acids is 2. The maximum atomic E-state index is 11.1. The van der Waals surface area contributed by atoms with E-state index in [4.69, 9.17) is 9.94 Å². The lowest BCUT2D eigenvalue weighted by atomic mass is 10.1. The molecule has 1 fully saturated rings. The summed E-state index contributed by atoms with van der Waals surface area (Å²) in [6.07, 6.45) is -0.649. The summed E-state index contributed by atoms with van der Waals surface area (Å²) in [5.74, 6) is -0.518. The molecule has 2 amide bonds. The number of carbonyl (C=O) groups is 2. The second-order valence-electron chi connectivity index (χ2n) is 4.12. The van der Waals surface area contributed by atoms with Gasteiger partial charge in [0.2, 0.25) is 0 Å². The molecule has 0 bridgehead atoms. The second-order valence-corrected chi connectivity index (χ2v) is 4.12. The van der Waals surface area contributed by atoms with E-state index in [0.29, 0.717) is 5.06 Å². The molecule has 80 valence electrons. The van der Waals surface area contributed by atoms with E-state index in [1.807, 2.05) is 0 Å². The Balaban J connectivity index is 2.32. The molecule has 6 heteroatoms. The molecular formula is C8H14N2O4. The number of ether oxygens (including phenoxy) is 1. The van der Waals surface area contributed by atoms with Crippen molar-refractivity contribution in [1.29, 1.82) is 0 Å². The SMILES string of the molecule is CC(C)(C)OC(=O)N[C@H]1CN(O)C1=O. The first-order valence-corrected chi connectivity index (χ1v) is 4.29. The summed E-state index contributed by atoms with van der Waals surface area (Å²) in [5, 5.41) is 11.6. The molecule has 0 aromatic heterocycles. The van der Waals surface area contributed by atoms with Gasteiger partial charge in [0, 0.05) is 0 Å². The highest BCUT2D eigenvalue weighted by Crippen LogP contribution is 2.10. The number of amides is 2.